The molecule has 0 aromatic heterocycles. The van der Waals surface area contributed by atoms with Crippen LogP contribution in [0.2, 0.25) is 0 Å². The number of carbonyl (C=O) groups is 5. The van der Waals surface area contributed by atoms with Crippen LogP contribution in [0.25, 0.3) is 0 Å². The van der Waals surface area contributed by atoms with Gasteiger partial charge in [0.15, 0.2) is 5.78 Å². The molecular formula is C51H77NO13. The number of hydrogen-bond donors (Lipinski definition) is 3. The molecule has 0 aromatic rings. The summed E-state index contributed by atoms with van der Waals surface area (Å²) in [7, 11) is 4.56. The molecule has 4 heterocycles. The molecule has 364 valence electrons. The van der Waals surface area contributed by atoms with Crippen molar-refractivity contribution >= 4 is 29.2 Å². The van der Waals surface area contributed by atoms with Crippen LogP contribution >= 0.6 is 0 Å². The van der Waals surface area contributed by atoms with E-state index in [-0.39, 0.29) is 54.3 Å². The molecule has 5 rings (SSSR count). The number of rotatable bonds is 6. The first-order valence-electron chi connectivity index (χ1n) is 24.0. The molecule has 14 heteroatoms. The Morgan fingerprint density at radius 3 is 2.29 bits per heavy atom. The van der Waals surface area contributed by atoms with Crippen molar-refractivity contribution in [2.75, 3.05) is 34.5 Å². The van der Waals surface area contributed by atoms with Crippen LogP contribution in [0.1, 0.15) is 112 Å². The van der Waals surface area contributed by atoms with Gasteiger partial charge in [-0.05, 0) is 101 Å². The molecule has 14 nitrogen and oxygen atoms in total. The topological polar surface area (TPSA) is 195 Å². The van der Waals surface area contributed by atoms with Gasteiger partial charge < -0.3 is 43.9 Å². The molecule has 4 bridgehead atoms. The predicted molar refractivity (Wildman–Crippen MR) is 243 cm³/mol. The minimum atomic E-state index is -2.42. The normalized spacial score (nSPS) is 41.9. The average Bonchev–Trinajstić information content (AvgIpc) is 3.27. The van der Waals surface area contributed by atoms with Gasteiger partial charge in [0.05, 0.1) is 24.9 Å². The van der Waals surface area contributed by atoms with Gasteiger partial charge in [0.2, 0.25) is 5.79 Å². The molecule has 0 aromatic carbocycles. The van der Waals surface area contributed by atoms with Crippen LogP contribution in [0.5, 0.6) is 0 Å². The van der Waals surface area contributed by atoms with Gasteiger partial charge in [-0.1, -0.05) is 69.7 Å². The number of allylic oxidation sites excluding steroid dienone is 6. The monoisotopic (exact) mass is 912 g/mol. The number of Topliss-reactive ketones (excluding diaryl/α,β-unsaturated/α-hetero) is 3. The summed E-state index contributed by atoms with van der Waals surface area (Å²) in [6, 6.07) is -1.12. The lowest BCUT2D eigenvalue weighted by molar-refractivity contribution is -0.265. The van der Waals surface area contributed by atoms with Gasteiger partial charge >= 0.3 is 5.97 Å². The number of aliphatic hydroxyl groups excluding tert-OH is 2. The Kier molecular flexibility index (Phi) is 19.1. The van der Waals surface area contributed by atoms with Crippen molar-refractivity contribution in [1.82, 2.24) is 4.90 Å². The highest BCUT2D eigenvalue weighted by Crippen LogP contribution is 2.45. The molecule has 1 aliphatic carbocycles. The highest BCUT2D eigenvalue weighted by molar-refractivity contribution is 6.39. The third-order valence-corrected chi connectivity index (χ3v) is 15.2. The molecule has 3 saturated heterocycles. The maximum Gasteiger partial charge on any atom is 0.329 e. The van der Waals surface area contributed by atoms with Crippen molar-refractivity contribution in [2.45, 2.75) is 161 Å². The van der Waals surface area contributed by atoms with E-state index in [0.29, 0.717) is 76.4 Å². The number of hydrogen-bond acceptors (Lipinski definition) is 13. The second-order valence-electron chi connectivity index (χ2n) is 19.9. The van der Waals surface area contributed by atoms with E-state index in [1.807, 2.05) is 51.2 Å². The summed E-state index contributed by atoms with van der Waals surface area (Å²) < 4.78 is 29.2. The second-order valence-corrected chi connectivity index (χ2v) is 19.9. The summed E-state index contributed by atoms with van der Waals surface area (Å²) in [6.07, 6.45) is 11.6. The number of esters is 1. The summed E-state index contributed by atoms with van der Waals surface area (Å²) >= 11 is 0. The van der Waals surface area contributed by atoms with E-state index >= 15 is 0 Å². The number of ether oxygens (including phenoxy) is 5. The Morgan fingerprint density at radius 2 is 1.60 bits per heavy atom. The van der Waals surface area contributed by atoms with Crippen LogP contribution in [0.4, 0.5) is 0 Å². The summed E-state index contributed by atoms with van der Waals surface area (Å²) in [6.45, 7) is 11.3. The van der Waals surface area contributed by atoms with Gasteiger partial charge in [0.25, 0.3) is 11.7 Å². The Labute approximate surface area is 386 Å². The average molecular weight is 912 g/mol. The minimum absolute atomic E-state index is 0.0273. The van der Waals surface area contributed by atoms with E-state index in [4.69, 9.17) is 23.7 Å². The number of piperidine rings is 1. The largest absolute Gasteiger partial charge is 0.460 e. The number of nitrogens with zero attached hydrogens (tertiary/aromatic N) is 1. The van der Waals surface area contributed by atoms with Crippen LogP contribution in [0.15, 0.2) is 47.6 Å². The zero-order valence-electron chi connectivity index (χ0n) is 40.2. The maximum atomic E-state index is 14.5. The first-order chi connectivity index (χ1) is 30.8. The third-order valence-electron chi connectivity index (χ3n) is 15.2. The SMILES string of the molecule is COC[C@H]1C[C@@H]2CC[C@@H](C)[C@@](O)(O2)C(=O)C(=O)N2CCC[C@@H]3C(C[C@@H]4CC[C@@H](O)[C@H](OC)C4)[C@H](CC(=O)[C@H](C)/C=C(\C)[C@@H](O)[C@@H](OC)C(=O)[C@H](C)C[C@H](C)/C=C/C=C/C=C1C)OC(=O)[C@H]32. The molecule has 1 unspecified atom stereocenters. The number of fused-ring (bicyclic) bond motifs is 4. The van der Waals surface area contributed by atoms with Gasteiger partial charge in [-0.15, -0.1) is 0 Å². The van der Waals surface area contributed by atoms with E-state index in [1.165, 1.54) is 12.0 Å². The third kappa shape index (κ3) is 12.6. The van der Waals surface area contributed by atoms with E-state index < -0.39 is 83.7 Å². The van der Waals surface area contributed by atoms with Gasteiger partial charge in [-0.3, -0.25) is 19.2 Å². The van der Waals surface area contributed by atoms with E-state index in [9.17, 15) is 39.3 Å². The van der Waals surface area contributed by atoms with E-state index in [0.717, 1.165) is 5.57 Å². The lowest BCUT2D eigenvalue weighted by Crippen LogP contribution is -2.65. The molecule has 3 N–H and O–H groups in total. The maximum absolute atomic E-state index is 14.5. The molecule has 16 atom stereocenters. The van der Waals surface area contributed by atoms with Crippen molar-refractivity contribution in [2.24, 2.45) is 47.3 Å². The number of aliphatic hydroxyl groups is 3. The van der Waals surface area contributed by atoms with Crippen molar-refractivity contribution in [1.29, 1.82) is 0 Å². The summed E-state index contributed by atoms with van der Waals surface area (Å²) in [4.78, 5) is 72.2. The number of ketones is 3. The van der Waals surface area contributed by atoms with Gasteiger partial charge in [-0.2, -0.15) is 0 Å². The zero-order valence-corrected chi connectivity index (χ0v) is 40.2. The molecule has 0 radical (unpaired) electrons. The number of methoxy groups -OCH3 is 3. The Balaban J connectivity index is 1.51. The molecule has 1 saturated carbocycles. The van der Waals surface area contributed by atoms with Crippen molar-refractivity contribution < 1.29 is 63.0 Å². The number of carbonyl (C=O) groups excluding carboxylic acids is 5. The van der Waals surface area contributed by atoms with Gasteiger partial charge in [-0.25, -0.2) is 4.79 Å². The van der Waals surface area contributed by atoms with Crippen LogP contribution in [-0.4, -0.2) is 132 Å². The Bertz CT molecular complexity index is 1810. The Hall–Kier alpha value is -3.37. The fourth-order valence-electron chi connectivity index (χ4n) is 11.1. The van der Waals surface area contributed by atoms with Crippen molar-refractivity contribution in [3.63, 3.8) is 0 Å². The van der Waals surface area contributed by atoms with Gasteiger partial charge in [0.1, 0.15) is 30.1 Å². The Morgan fingerprint density at radius 1 is 0.862 bits per heavy atom. The molecule has 5 aliphatic rings. The van der Waals surface area contributed by atoms with Crippen molar-refractivity contribution in [3.8, 4) is 0 Å². The highest BCUT2D eigenvalue weighted by atomic mass is 16.6. The summed E-state index contributed by atoms with van der Waals surface area (Å²) in [5.41, 5.74) is 1.39. The van der Waals surface area contributed by atoms with Crippen LogP contribution < -0.4 is 0 Å². The van der Waals surface area contributed by atoms with Gasteiger partial charge in [0, 0.05) is 63.9 Å². The van der Waals surface area contributed by atoms with Crippen LogP contribution in [-0.2, 0) is 47.7 Å². The van der Waals surface area contributed by atoms with Crippen LogP contribution in [0, 0.1) is 47.3 Å². The van der Waals surface area contributed by atoms with E-state index in [2.05, 4.69) is 0 Å². The second kappa shape index (κ2) is 23.6. The summed E-state index contributed by atoms with van der Waals surface area (Å²) in [5, 5.41) is 34.1. The fraction of sp³-hybridized carbons (Fsp3) is 0.745. The smallest absolute Gasteiger partial charge is 0.329 e. The predicted octanol–water partition coefficient (Wildman–Crippen LogP) is 5.65. The first-order valence-corrected chi connectivity index (χ1v) is 24.0. The minimum Gasteiger partial charge on any atom is -0.460 e. The van der Waals surface area contributed by atoms with Crippen molar-refractivity contribution in [3.05, 3.63) is 47.6 Å². The zero-order chi connectivity index (χ0) is 47.7. The number of amides is 1. The standard InChI is InChI=1S/C51H77NO13/c1-29-14-11-10-12-15-30(2)36(28-61-7)26-37-19-17-34(6)51(60,65-37)48(57)49(58)52-21-13-16-38-39(24-35-18-20-40(53)43(25-35)62-8)42(64-50(59)44(38)52)27-41(54)31(3)23-33(5)46(56)47(63-9)45(55)32(4)22-29/h10-12,14-15,23,29,31-32,34-40,42-44,46-47,53,56,60H,13,16-22,24-28H2,1-9H3/b12-10+,14-11+,30-15?,33-23+/t29-,31-,32-,34-,35+,36-,37+,38-,39?,40-,42+,43-,44+,46-,47+,51-/m1/s1. The van der Waals surface area contributed by atoms with E-state index in [1.54, 1.807) is 41.1 Å². The van der Waals surface area contributed by atoms with Crippen LogP contribution in [0.3, 0.4) is 0 Å². The lowest BCUT2D eigenvalue weighted by Gasteiger charge is -2.50. The quantitative estimate of drug-likeness (QED) is 0.168. The molecule has 4 aliphatic heterocycles. The molecule has 4 fully saturated rings. The fourth-order valence-corrected chi connectivity index (χ4v) is 11.1. The summed E-state index contributed by atoms with van der Waals surface area (Å²) in [5.74, 6) is -8.49. The highest BCUT2D eigenvalue weighted by Gasteiger charge is 2.57. The molecule has 1 amide bonds. The molecule has 0 spiro atoms. The molecular weight excluding hydrogens is 835 g/mol. The lowest BCUT2D eigenvalue weighted by atomic mass is 9.68. The first kappa shape index (κ1) is 52.6. The molecule has 65 heavy (non-hydrogen) atoms.